The molecule has 1 amide bonds. The molecule has 1 saturated heterocycles. The summed E-state index contributed by atoms with van der Waals surface area (Å²) in [6, 6.07) is 6.08. The average molecular weight is 297 g/mol. The van der Waals surface area contributed by atoms with E-state index in [1.165, 1.54) is 12.1 Å². The molecule has 1 aliphatic heterocycles. The van der Waals surface area contributed by atoms with Crippen molar-refractivity contribution in [2.45, 2.75) is 36.7 Å². The third kappa shape index (κ3) is 3.56. The number of carbonyl (C=O) groups excluding carboxylic acids is 1. The fraction of sp³-hybridized carbons (Fsp3) is 0.462. The van der Waals surface area contributed by atoms with Crippen molar-refractivity contribution >= 4 is 15.9 Å². The van der Waals surface area contributed by atoms with Crippen molar-refractivity contribution in [3.63, 3.8) is 0 Å². The van der Waals surface area contributed by atoms with E-state index >= 15 is 0 Å². The molecular formula is C13H19N3O3S. The Balaban J connectivity index is 2.13. The lowest BCUT2D eigenvalue weighted by molar-refractivity contribution is -0.124. The Morgan fingerprint density at radius 1 is 1.45 bits per heavy atom. The molecule has 0 aliphatic carbocycles. The number of carbonyl (C=O) groups is 1. The summed E-state index contributed by atoms with van der Waals surface area (Å²) in [4.78, 5) is 11.8. The largest absolute Gasteiger partial charge is 0.355 e. The summed E-state index contributed by atoms with van der Waals surface area (Å²) in [5.41, 5.74) is 0.787. The molecule has 0 saturated carbocycles. The summed E-state index contributed by atoms with van der Waals surface area (Å²) in [6.45, 7) is 2.61. The van der Waals surface area contributed by atoms with Gasteiger partial charge in [0.2, 0.25) is 15.9 Å². The Bertz CT molecular complexity index is 601. The molecule has 20 heavy (non-hydrogen) atoms. The molecule has 110 valence electrons. The van der Waals surface area contributed by atoms with Crippen LogP contribution in [-0.4, -0.2) is 26.9 Å². The van der Waals surface area contributed by atoms with Crippen LogP contribution in [0.1, 0.15) is 31.4 Å². The van der Waals surface area contributed by atoms with E-state index < -0.39 is 10.0 Å². The van der Waals surface area contributed by atoms with Crippen LogP contribution >= 0.6 is 0 Å². The monoisotopic (exact) mass is 297 g/mol. The van der Waals surface area contributed by atoms with Gasteiger partial charge in [-0.1, -0.05) is 12.1 Å². The van der Waals surface area contributed by atoms with E-state index in [1.54, 1.807) is 6.07 Å². The molecule has 0 radical (unpaired) electrons. The quantitative estimate of drug-likeness (QED) is 0.742. The zero-order valence-electron chi connectivity index (χ0n) is 11.3. The van der Waals surface area contributed by atoms with Gasteiger partial charge in [0.1, 0.15) is 0 Å². The number of piperidine rings is 1. The van der Waals surface area contributed by atoms with Gasteiger partial charge in [-0.2, -0.15) is 0 Å². The van der Waals surface area contributed by atoms with E-state index in [0.29, 0.717) is 6.54 Å². The number of rotatable bonds is 4. The van der Waals surface area contributed by atoms with E-state index in [9.17, 15) is 13.2 Å². The lowest BCUT2D eigenvalue weighted by Crippen LogP contribution is -2.48. The number of sulfonamides is 1. The molecule has 1 aromatic rings. The molecule has 7 heteroatoms. The van der Waals surface area contributed by atoms with Gasteiger partial charge >= 0.3 is 0 Å². The smallest absolute Gasteiger partial charge is 0.238 e. The lowest BCUT2D eigenvalue weighted by Gasteiger charge is -2.26. The summed E-state index contributed by atoms with van der Waals surface area (Å²) in [5.74, 6) is -0.00861. The van der Waals surface area contributed by atoms with Crippen molar-refractivity contribution in [3.05, 3.63) is 29.8 Å². The first-order valence-electron chi connectivity index (χ1n) is 6.54. The molecule has 1 aromatic carbocycles. The summed E-state index contributed by atoms with van der Waals surface area (Å²) >= 11 is 0. The molecule has 2 unspecified atom stereocenters. The minimum Gasteiger partial charge on any atom is -0.355 e. The van der Waals surface area contributed by atoms with Crippen LogP contribution < -0.4 is 15.8 Å². The predicted molar refractivity (Wildman–Crippen MR) is 75.4 cm³/mol. The van der Waals surface area contributed by atoms with E-state index in [1.807, 2.05) is 13.0 Å². The second-order valence-corrected chi connectivity index (χ2v) is 6.55. The van der Waals surface area contributed by atoms with Crippen molar-refractivity contribution in [1.82, 2.24) is 10.6 Å². The fourth-order valence-corrected chi connectivity index (χ4v) is 2.86. The maximum atomic E-state index is 11.7. The normalized spacial score (nSPS) is 21.3. The minimum atomic E-state index is -3.71. The molecule has 1 fully saturated rings. The molecule has 1 aliphatic rings. The maximum absolute atomic E-state index is 11.7. The Morgan fingerprint density at radius 3 is 2.85 bits per heavy atom. The van der Waals surface area contributed by atoms with Crippen molar-refractivity contribution in [3.8, 4) is 0 Å². The number of hydrogen-bond donors (Lipinski definition) is 3. The third-order valence-electron chi connectivity index (χ3n) is 3.42. The Hall–Kier alpha value is -1.44. The Kier molecular flexibility index (Phi) is 4.42. The maximum Gasteiger partial charge on any atom is 0.238 e. The topological polar surface area (TPSA) is 101 Å². The van der Waals surface area contributed by atoms with Crippen molar-refractivity contribution in [1.29, 1.82) is 0 Å². The van der Waals surface area contributed by atoms with E-state index in [2.05, 4.69) is 10.6 Å². The van der Waals surface area contributed by atoms with Gasteiger partial charge < -0.3 is 5.32 Å². The molecule has 0 spiro atoms. The Labute approximate surface area is 118 Å². The molecule has 4 N–H and O–H groups in total. The second-order valence-electron chi connectivity index (χ2n) is 4.99. The highest BCUT2D eigenvalue weighted by Crippen LogP contribution is 2.18. The molecule has 2 atom stereocenters. The fourth-order valence-electron chi connectivity index (χ4n) is 2.29. The molecule has 0 bridgehead atoms. The summed E-state index contributed by atoms with van der Waals surface area (Å²) in [5, 5.41) is 11.1. The van der Waals surface area contributed by atoms with Crippen LogP contribution in [0.25, 0.3) is 0 Å². The molecular weight excluding hydrogens is 278 g/mol. The van der Waals surface area contributed by atoms with Crippen molar-refractivity contribution in [2.75, 3.05) is 6.54 Å². The van der Waals surface area contributed by atoms with Gasteiger partial charge in [0.05, 0.1) is 10.9 Å². The van der Waals surface area contributed by atoms with Gasteiger partial charge in [0, 0.05) is 12.6 Å². The van der Waals surface area contributed by atoms with E-state index in [4.69, 9.17) is 5.14 Å². The third-order valence-corrected chi connectivity index (χ3v) is 4.33. The summed E-state index contributed by atoms with van der Waals surface area (Å²) in [7, 11) is -3.71. The van der Waals surface area contributed by atoms with Gasteiger partial charge in [0.25, 0.3) is 0 Å². The molecule has 0 aromatic heterocycles. The number of nitrogens with one attached hydrogen (secondary N) is 2. The first-order valence-corrected chi connectivity index (χ1v) is 8.09. The Morgan fingerprint density at radius 2 is 2.20 bits per heavy atom. The minimum absolute atomic E-state index is 0.00861. The zero-order valence-corrected chi connectivity index (χ0v) is 12.1. The van der Waals surface area contributed by atoms with Crippen LogP contribution in [0.4, 0.5) is 0 Å². The van der Waals surface area contributed by atoms with Crippen LogP contribution in [0.5, 0.6) is 0 Å². The number of hydrogen-bond acceptors (Lipinski definition) is 4. The summed E-state index contributed by atoms with van der Waals surface area (Å²) < 4.78 is 22.7. The summed E-state index contributed by atoms with van der Waals surface area (Å²) in [6.07, 6.45) is 1.72. The van der Waals surface area contributed by atoms with Crippen LogP contribution in [0.15, 0.2) is 29.2 Å². The zero-order chi connectivity index (χ0) is 14.8. The van der Waals surface area contributed by atoms with Gasteiger partial charge in [-0.05, 0) is 37.5 Å². The molecule has 6 nitrogen and oxygen atoms in total. The van der Waals surface area contributed by atoms with Gasteiger partial charge in [-0.25, -0.2) is 13.6 Å². The number of primary sulfonamides is 1. The van der Waals surface area contributed by atoms with Crippen LogP contribution in [-0.2, 0) is 14.8 Å². The average Bonchev–Trinajstić information content (AvgIpc) is 2.40. The number of nitrogens with two attached hydrogens (primary N) is 1. The van der Waals surface area contributed by atoms with E-state index in [-0.39, 0.29) is 22.9 Å². The number of benzene rings is 1. The van der Waals surface area contributed by atoms with Gasteiger partial charge in [-0.15, -0.1) is 0 Å². The second kappa shape index (κ2) is 5.90. The molecule has 2 rings (SSSR count). The van der Waals surface area contributed by atoms with E-state index in [0.717, 1.165) is 18.4 Å². The van der Waals surface area contributed by atoms with Gasteiger partial charge in [0.15, 0.2) is 0 Å². The number of amides is 1. The standard InChI is InChI=1S/C13H19N3O3S/c1-9(16-12-6-3-7-15-13(12)17)10-4-2-5-11(8-10)20(14,18)19/h2,4-5,8-9,12,16H,3,6-7H2,1H3,(H,15,17)(H2,14,18,19). The molecule has 1 heterocycles. The first-order chi connectivity index (χ1) is 9.38. The highest BCUT2D eigenvalue weighted by molar-refractivity contribution is 7.89. The van der Waals surface area contributed by atoms with Crippen molar-refractivity contribution in [2.24, 2.45) is 5.14 Å². The van der Waals surface area contributed by atoms with Gasteiger partial charge in [-0.3, -0.25) is 10.1 Å². The van der Waals surface area contributed by atoms with Crippen molar-refractivity contribution < 1.29 is 13.2 Å². The highest BCUT2D eigenvalue weighted by Gasteiger charge is 2.23. The highest BCUT2D eigenvalue weighted by atomic mass is 32.2. The lowest BCUT2D eigenvalue weighted by atomic mass is 10.0. The first kappa shape index (κ1) is 15.0. The van der Waals surface area contributed by atoms with Crippen LogP contribution in [0.2, 0.25) is 0 Å². The predicted octanol–water partition coefficient (Wildman–Crippen LogP) is 0.263. The SMILES string of the molecule is CC(NC1CCCNC1=O)c1cccc(S(N)(=O)=O)c1. The van der Waals surface area contributed by atoms with Crippen LogP contribution in [0.3, 0.4) is 0 Å². The van der Waals surface area contributed by atoms with Crippen LogP contribution in [0, 0.1) is 0 Å².